The number of benzene rings is 1. The van der Waals surface area contributed by atoms with Gasteiger partial charge in [0.25, 0.3) is 5.91 Å². The van der Waals surface area contributed by atoms with Gasteiger partial charge >= 0.3 is 0 Å². The molecule has 2 amide bonds. The van der Waals surface area contributed by atoms with Crippen LogP contribution in [0.5, 0.6) is 17.4 Å². The van der Waals surface area contributed by atoms with Crippen molar-refractivity contribution in [3.8, 4) is 17.4 Å². The highest BCUT2D eigenvalue weighted by molar-refractivity contribution is 5.96. The Hall–Kier alpha value is -3.17. The summed E-state index contributed by atoms with van der Waals surface area (Å²) < 4.78 is 11.9. The van der Waals surface area contributed by atoms with Crippen LogP contribution in [0, 0.1) is 0 Å². The van der Waals surface area contributed by atoms with Crippen molar-refractivity contribution in [2.75, 3.05) is 60.0 Å². The Balaban J connectivity index is 1.85. The third-order valence-electron chi connectivity index (χ3n) is 5.04. The molecule has 2 aromatic rings. The maximum absolute atomic E-state index is 13.0. The van der Waals surface area contributed by atoms with Gasteiger partial charge in [-0.25, -0.2) is 4.98 Å². The van der Waals surface area contributed by atoms with Crippen molar-refractivity contribution in [3.05, 3.63) is 48.2 Å². The summed E-state index contributed by atoms with van der Waals surface area (Å²) in [7, 11) is 3.37. The first-order valence-electron chi connectivity index (χ1n) is 10.2. The van der Waals surface area contributed by atoms with Crippen molar-refractivity contribution in [3.63, 3.8) is 0 Å². The van der Waals surface area contributed by atoms with Gasteiger partial charge in [0.1, 0.15) is 12.2 Å². The third-order valence-corrected chi connectivity index (χ3v) is 5.04. The van der Waals surface area contributed by atoms with Crippen LogP contribution in [0.2, 0.25) is 0 Å². The van der Waals surface area contributed by atoms with Gasteiger partial charge in [-0.1, -0.05) is 12.1 Å². The van der Waals surface area contributed by atoms with Crippen molar-refractivity contribution in [1.82, 2.24) is 19.7 Å². The van der Waals surface area contributed by atoms with Crippen LogP contribution in [0.1, 0.15) is 10.4 Å². The SMILES string of the molecule is CN(CCO)C(=O)CN1CCOc2ccccc2Oc2ncccc2C(=O)N(C)CC1. The molecule has 166 valence electrons. The largest absolute Gasteiger partial charge is 0.488 e. The number of carbonyl (C=O) groups excluding carboxylic acids is 2. The van der Waals surface area contributed by atoms with Crippen LogP contribution in [0.25, 0.3) is 0 Å². The fourth-order valence-corrected chi connectivity index (χ4v) is 3.13. The predicted octanol–water partition coefficient (Wildman–Crippen LogP) is 1.09. The summed E-state index contributed by atoms with van der Waals surface area (Å²) in [4.78, 5) is 34.7. The van der Waals surface area contributed by atoms with E-state index in [-0.39, 0.29) is 37.4 Å². The van der Waals surface area contributed by atoms with Gasteiger partial charge in [0.2, 0.25) is 11.8 Å². The predicted molar refractivity (Wildman–Crippen MR) is 114 cm³/mol. The van der Waals surface area contributed by atoms with Crippen LogP contribution in [-0.2, 0) is 4.79 Å². The van der Waals surface area contributed by atoms with Gasteiger partial charge in [0.05, 0.1) is 13.2 Å². The summed E-state index contributed by atoms with van der Waals surface area (Å²) >= 11 is 0. The molecule has 0 aliphatic carbocycles. The second-order valence-corrected chi connectivity index (χ2v) is 7.30. The van der Waals surface area contributed by atoms with E-state index >= 15 is 0 Å². The zero-order valence-electron chi connectivity index (χ0n) is 17.9. The van der Waals surface area contributed by atoms with E-state index < -0.39 is 0 Å². The number of likely N-dealkylation sites (N-methyl/N-ethyl adjacent to an activating group) is 2. The lowest BCUT2D eigenvalue weighted by Crippen LogP contribution is -2.44. The molecule has 0 saturated heterocycles. The van der Waals surface area contributed by atoms with E-state index in [9.17, 15) is 9.59 Å². The number of hydrogen-bond acceptors (Lipinski definition) is 7. The maximum atomic E-state index is 13.0. The minimum Gasteiger partial charge on any atom is -0.488 e. The first-order valence-corrected chi connectivity index (χ1v) is 10.2. The first kappa shape index (κ1) is 22.5. The van der Waals surface area contributed by atoms with Gasteiger partial charge in [0.15, 0.2) is 11.5 Å². The van der Waals surface area contributed by atoms with E-state index in [1.807, 2.05) is 17.0 Å². The summed E-state index contributed by atoms with van der Waals surface area (Å²) in [5.74, 6) is 0.882. The summed E-state index contributed by atoms with van der Waals surface area (Å²) in [5.41, 5.74) is 0.351. The molecule has 1 aromatic carbocycles. The molecule has 0 atom stereocenters. The number of hydrogen-bond donors (Lipinski definition) is 1. The molecule has 2 heterocycles. The Labute approximate surface area is 181 Å². The highest BCUT2D eigenvalue weighted by Gasteiger charge is 2.22. The van der Waals surface area contributed by atoms with E-state index in [0.717, 1.165) is 0 Å². The van der Waals surface area contributed by atoms with Crippen molar-refractivity contribution in [1.29, 1.82) is 0 Å². The molecule has 9 heteroatoms. The second-order valence-electron chi connectivity index (χ2n) is 7.30. The molecule has 1 aliphatic rings. The molecule has 9 nitrogen and oxygen atoms in total. The molecule has 0 fully saturated rings. The molecular formula is C22H28N4O5. The highest BCUT2D eigenvalue weighted by Crippen LogP contribution is 2.32. The minimum absolute atomic E-state index is 0.0905. The third kappa shape index (κ3) is 5.93. The average molecular weight is 428 g/mol. The molecule has 0 unspecified atom stereocenters. The Morgan fingerprint density at radius 2 is 1.94 bits per heavy atom. The van der Waals surface area contributed by atoms with Crippen molar-refractivity contribution >= 4 is 11.8 Å². The second kappa shape index (κ2) is 10.7. The number of nitrogens with zero attached hydrogens (tertiary/aromatic N) is 4. The number of aliphatic hydroxyl groups is 1. The standard InChI is InChI=1S/C22H28N4O5/c1-24(12-14-27)20(28)16-26-11-10-25(2)22(29)17-6-5-9-23-21(17)31-19-8-4-3-7-18(19)30-15-13-26/h3-9,27H,10-16H2,1-2H3. The quantitative estimate of drug-likeness (QED) is 0.779. The maximum Gasteiger partial charge on any atom is 0.259 e. The summed E-state index contributed by atoms with van der Waals surface area (Å²) in [6.45, 7) is 2.07. The van der Waals surface area contributed by atoms with E-state index in [4.69, 9.17) is 14.6 Å². The van der Waals surface area contributed by atoms with Crippen LogP contribution in [0.15, 0.2) is 42.6 Å². The smallest absolute Gasteiger partial charge is 0.259 e. The lowest BCUT2D eigenvalue weighted by Gasteiger charge is -2.27. The molecule has 31 heavy (non-hydrogen) atoms. The Bertz CT molecular complexity index is 907. The first-order chi connectivity index (χ1) is 15.0. The van der Waals surface area contributed by atoms with Crippen LogP contribution in [0.3, 0.4) is 0 Å². The highest BCUT2D eigenvalue weighted by atomic mass is 16.5. The molecule has 0 spiro atoms. The Kier molecular flexibility index (Phi) is 7.80. The van der Waals surface area contributed by atoms with Crippen LogP contribution in [0.4, 0.5) is 0 Å². The minimum atomic E-state index is -0.218. The average Bonchev–Trinajstić information content (AvgIpc) is 2.78. The summed E-state index contributed by atoms with van der Waals surface area (Å²) in [6.07, 6.45) is 1.57. The molecular weight excluding hydrogens is 400 g/mol. The number of amides is 2. The molecule has 1 aromatic heterocycles. The number of fused-ring (bicyclic) bond motifs is 2. The molecule has 1 aliphatic heterocycles. The van der Waals surface area contributed by atoms with Gasteiger partial charge < -0.3 is 24.4 Å². The number of pyridine rings is 1. The number of rotatable bonds is 4. The molecule has 0 bridgehead atoms. The number of para-hydroxylation sites is 2. The van der Waals surface area contributed by atoms with Crippen molar-refractivity contribution < 1.29 is 24.2 Å². The van der Waals surface area contributed by atoms with Gasteiger partial charge in [-0.05, 0) is 24.3 Å². The zero-order valence-corrected chi connectivity index (χ0v) is 17.9. The van der Waals surface area contributed by atoms with E-state index in [2.05, 4.69) is 4.98 Å². The van der Waals surface area contributed by atoms with Crippen molar-refractivity contribution in [2.45, 2.75) is 0 Å². The molecule has 0 radical (unpaired) electrons. The van der Waals surface area contributed by atoms with Gasteiger partial charge in [-0.2, -0.15) is 0 Å². The van der Waals surface area contributed by atoms with Gasteiger partial charge in [-0.3, -0.25) is 14.5 Å². The lowest BCUT2D eigenvalue weighted by molar-refractivity contribution is -0.131. The fraction of sp³-hybridized carbons (Fsp3) is 0.409. The zero-order chi connectivity index (χ0) is 22.2. The molecule has 1 N–H and O–H groups in total. The molecule has 0 saturated carbocycles. The number of carbonyl (C=O) groups is 2. The normalized spacial score (nSPS) is 15.3. The van der Waals surface area contributed by atoms with Crippen LogP contribution in [-0.4, -0.2) is 96.6 Å². The summed E-state index contributed by atoms with van der Waals surface area (Å²) in [5, 5.41) is 9.07. The monoisotopic (exact) mass is 428 g/mol. The van der Waals surface area contributed by atoms with Crippen LogP contribution >= 0.6 is 0 Å². The lowest BCUT2D eigenvalue weighted by atomic mass is 10.2. The van der Waals surface area contributed by atoms with E-state index in [0.29, 0.717) is 43.3 Å². The van der Waals surface area contributed by atoms with Crippen molar-refractivity contribution in [2.24, 2.45) is 0 Å². The van der Waals surface area contributed by atoms with Gasteiger partial charge in [0, 0.05) is 46.5 Å². The number of ether oxygens (including phenoxy) is 2. The summed E-state index contributed by atoms with van der Waals surface area (Å²) in [6, 6.07) is 10.6. The molecule has 3 rings (SSSR count). The Morgan fingerprint density at radius 3 is 2.71 bits per heavy atom. The van der Waals surface area contributed by atoms with Crippen LogP contribution < -0.4 is 9.47 Å². The fourth-order valence-electron chi connectivity index (χ4n) is 3.13. The topological polar surface area (TPSA) is 95.4 Å². The van der Waals surface area contributed by atoms with E-state index in [1.54, 1.807) is 49.5 Å². The number of aromatic nitrogens is 1. The number of aliphatic hydroxyl groups excluding tert-OH is 1. The Morgan fingerprint density at radius 1 is 1.16 bits per heavy atom. The van der Waals surface area contributed by atoms with Gasteiger partial charge in [-0.15, -0.1) is 0 Å². The van der Waals surface area contributed by atoms with E-state index in [1.165, 1.54) is 4.90 Å².